The molecule has 0 heterocycles. The minimum Gasteiger partial charge on any atom is -0.465 e. The highest BCUT2D eigenvalue weighted by atomic mass is 16.5. The van der Waals surface area contributed by atoms with Crippen molar-refractivity contribution < 1.29 is 19.1 Å². The fourth-order valence-corrected chi connectivity index (χ4v) is 1.42. The van der Waals surface area contributed by atoms with Crippen LogP contribution in [0.3, 0.4) is 0 Å². The maximum atomic E-state index is 11.5. The number of hydrogen-bond acceptors (Lipinski definition) is 5. The first kappa shape index (κ1) is 14.9. The first-order valence-electron chi connectivity index (χ1n) is 5.59. The second kappa shape index (κ2) is 8.10. The van der Waals surface area contributed by atoms with E-state index < -0.39 is 0 Å². The Bertz CT molecular complexity index is 230. The smallest absolute Gasteiger partial charge is 0.323 e. The summed E-state index contributed by atoms with van der Waals surface area (Å²) >= 11 is 0. The van der Waals surface area contributed by atoms with Gasteiger partial charge in [0.05, 0.1) is 19.8 Å². The Labute approximate surface area is 96.7 Å². The fourth-order valence-electron chi connectivity index (χ4n) is 1.42. The van der Waals surface area contributed by atoms with Gasteiger partial charge in [0.2, 0.25) is 0 Å². The third kappa shape index (κ3) is 5.11. The molecule has 0 aromatic rings. The van der Waals surface area contributed by atoms with Crippen LogP contribution in [0.4, 0.5) is 0 Å². The van der Waals surface area contributed by atoms with E-state index >= 15 is 0 Å². The monoisotopic (exact) mass is 231 g/mol. The topological polar surface area (TPSA) is 55.8 Å². The van der Waals surface area contributed by atoms with Crippen molar-refractivity contribution in [3.8, 4) is 0 Å². The minimum atomic E-state index is -0.385. The predicted octanol–water partition coefficient (Wildman–Crippen LogP) is 0.823. The molecule has 0 radical (unpaired) electrons. The van der Waals surface area contributed by atoms with Crippen LogP contribution in [0.1, 0.15) is 27.2 Å². The average Bonchev–Trinajstić information content (AvgIpc) is 2.19. The highest BCUT2D eigenvalue weighted by molar-refractivity contribution is 5.77. The summed E-state index contributed by atoms with van der Waals surface area (Å²) in [5.74, 6) is -0.621. The molecule has 0 saturated heterocycles. The zero-order valence-corrected chi connectivity index (χ0v) is 10.5. The Morgan fingerprint density at radius 3 is 2.12 bits per heavy atom. The fraction of sp³-hybridized carbons (Fsp3) is 0.818. The van der Waals surface area contributed by atoms with E-state index in [0.717, 1.165) is 0 Å². The van der Waals surface area contributed by atoms with Crippen molar-refractivity contribution in [3.63, 3.8) is 0 Å². The van der Waals surface area contributed by atoms with E-state index in [4.69, 9.17) is 9.47 Å². The molecule has 0 bridgehead atoms. The molecule has 0 aliphatic rings. The van der Waals surface area contributed by atoms with Crippen molar-refractivity contribution in [3.05, 3.63) is 0 Å². The Hall–Kier alpha value is -1.10. The van der Waals surface area contributed by atoms with Gasteiger partial charge < -0.3 is 9.47 Å². The minimum absolute atomic E-state index is 0.102. The highest BCUT2D eigenvalue weighted by Gasteiger charge is 2.24. The number of esters is 2. The molecule has 16 heavy (non-hydrogen) atoms. The van der Waals surface area contributed by atoms with Crippen LogP contribution in [0, 0.1) is 0 Å². The van der Waals surface area contributed by atoms with E-state index in [0.29, 0.717) is 19.6 Å². The van der Waals surface area contributed by atoms with Gasteiger partial charge in [-0.15, -0.1) is 0 Å². The van der Waals surface area contributed by atoms with Gasteiger partial charge in [0.1, 0.15) is 6.04 Å². The van der Waals surface area contributed by atoms with Crippen molar-refractivity contribution in [1.82, 2.24) is 4.90 Å². The van der Waals surface area contributed by atoms with E-state index in [1.165, 1.54) is 0 Å². The van der Waals surface area contributed by atoms with E-state index in [1.807, 2.05) is 6.92 Å². The molecule has 0 N–H and O–H groups in total. The maximum absolute atomic E-state index is 11.5. The van der Waals surface area contributed by atoms with Crippen LogP contribution >= 0.6 is 0 Å². The normalized spacial score (nSPS) is 12.3. The summed E-state index contributed by atoms with van der Waals surface area (Å²) in [5.41, 5.74) is 0. The molecule has 0 aliphatic heterocycles. The van der Waals surface area contributed by atoms with E-state index in [1.54, 1.807) is 25.8 Å². The molecule has 0 aliphatic carbocycles. The molecule has 0 spiro atoms. The Kier molecular flexibility index (Phi) is 7.54. The van der Waals surface area contributed by atoms with Crippen LogP contribution < -0.4 is 0 Å². The van der Waals surface area contributed by atoms with Crippen LogP contribution in [-0.4, -0.2) is 49.7 Å². The second-order valence-corrected chi connectivity index (χ2v) is 3.40. The maximum Gasteiger partial charge on any atom is 0.323 e. The summed E-state index contributed by atoms with van der Waals surface area (Å²) < 4.78 is 9.74. The molecule has 0 aromatic carbocycles. The van der Waals surface area contributed by atoms with Gasteiger partial charge in [0, 0.05) is 0 Å². The zero-order chi connectivity index (χ0) is 12.6. The lowest BCUT2D eigenvalue weighted by Crippen LogP contribution is -2.42. The number of ether oxygens (including phenoxy) is 2. The van der Waals surface area contributed by atoms with E-state index in [9.17, 15) is 9.59 Å². The van der Waals surface area contributed by atoms with Crippen molar-refractivity contribution in [1.29, 1.82) is 0 Å². The molecule has 0 saturated carbocycles. The Balaban J connectivity index is 4.24. The number of carbonyl (C=O) groups is 2. The lowest BCUT2D eigenvalue weighted by Gasteiger charge is -2.24. The summed E-state index contributed by atoms with van der Waals surface area (Å²) in [5, 5.41) is 0. The van der Waals surface area contributed by atoms with Crippen molar-refractivity contribution in [2.24, 2.45) is 0 Å². The van der Waals surface area contributed by atoms with Gasteiger partial charge >= 0.3 is 11.9 Å². The highest BCUT2D eigenvalue weighted by Crippen LogP contribution is 2.04. The lowest BCUT2D eigenvalue weighted by atomic mass is 10.2. The third-order valence-corrected chi connectivity index (χ3v) is 2.16. The van der Waals surface area contributed by atoms with Gasteiger partial charge in [0.15, 0.2) is 0 Å². The molecule has 94 valence electrons. The molecular weight excluding hydrogens is 210 g/mol. The summed E-state index contributed by atoms with van der Waals surface area (Å²) in [4.78, 5) is 24.4. The van der Waals surface area contributed by atoms with Crippen LogP contribution in [0.25, 0.3) is 0 Å². The first-order valence-corrected chi connectivity index (χ1v) is 5.59. The standard InChI is InChI=1S/C11H21NO4/c1-5-9(11(14)16-7-3)12(4)8-10(13)15-6-2/h9H,5-8H2,1-4H3. The number of rotatable bonds is 7. The third-order valence-electron chi connectivity index (χ3n) is 2.16. The zero-order valence-electron chi connectivity index (χ0n) is 10.5. The molecule has 5 nitrogen and oxygen atoms in total. The summed E-state index contributed by atoms with van der Waals surface area (Å²) in [7, 11) is 1.71. The molecule has 0 amide bonds. The summed E-state index contributed by atoms with van der Waals surface area (Å²) in [6.07, 6.45) is 0.606. The predicted molar refractivity (Wildman–Crippen MR) is 60.0 cm³/mol. The molecule has 0 rings (SSSR count). The Morgan fingerprint density at radius 2 is 1.69 bits per heavy atom. The summed E-state index contributed by atoms with van der Waals surface area (Å²) in [6.45, 7) is 6.19. The van der Waals surface area contributed by atoms with Gasteiger partial charge in [-0.05, 0) is 27.3 Å². The van der Waals surface area contributed by atoms with E-state index in [-0.39, 0.29) is 24.5 Å². The van der Waals surface area contributed by atoms with Crippen molar-refractivity contribution >= 4 is 11.9 Å². The van der Waals surface area contributed by atoms with Gasteiger partial charge in [0.25, 0.3) is 0 Å². The van der Waals surface area contributed by atoms with E-state index in [2.05, 4.69) is 0 Å². The molecule has 0 fully saturated rings. The van der Waals surface area contributed by atoms with Gasteiger partial charge in [-0.1, -0.05) is 6.92 Å². The molecule has 0 aromatic heterocycles. The van der Waals surface area contributed by atoms with Gasteiger partial charge in [-0.3, -0.25) is 14.5 Å². The number of carbonyl (C=O) groups excluding carboxylic acids is 2. The van der Waals surface area contributed by atoms with Crippen molar-refractivity contribution in [2.75, 3.05) is 26.8 Å². The summed E-state index contributed by atoms with van der Waals surface area (Å²) in [6, 6.07) is -0.385. The number of nitrogens with zero attached hydrogens (tertiary/aromatic N) is 1. The molecule has 1 atom stereocenters. The SMILES string of the molecule is CCOC(=O)CN(C)C(CC)C(=O)OCC. The van der Waals surface area contributed by atoms with Crippen LogP contribution in [0.15, 0.2) is 0 Å². The van der Waals surface area contributed by atoms with Crippen LogP contribution in [-0.2, 0) is 19.1 Å². The van der Waals surface area contributed by atoms with Gasteiger partial charge in [-0.25, -0.2) is 0 Å². The van der Waals surface area contributed by atoms with Crippen molar-refractivity contribution in [2.45, 2.75) is 33.2 Å². The molecule has 1 unspecified atom stereocenters. The van der Waals surface area contributed by atoms with Crippen LogP contribution in [0.2, 0.25) is 0 Å². The lowest BCUT2D eigenvalue weighted by molar-refractivity contribution is -0.152. The Morgan fingerprint density at radius 1 is 1.12 bits per heavy atom. The van der Waals surface area contributed by atoms with Gasteiger partial charge in [-0.2, -0.15) is 0 Å². The number of likely N-dealkylation sites (N-methyl/N-ethyl adjacent to an activating group) is 1. The second-order valence-electron chi connectivity index (χ2n) is 3.40. The largest absolute Gasteiger partial charge is 0.465 e. The average molecular weight is 231 g/mol. The van der Waals surface area contributed by atoms with Crippen LogP contribution in [0.5, 0.6) is 0 Å². The first-order chi connectivity index (χ1) is 7.56. The molecule has 5 heteroatoms. The molecular formula is C11H21NO4. The quantitative estimate of drug-likeness (QED) is 0.607. The number of hydrogen-bond donors (Lipinski definition) is 0.